The van der Waals surface area contributed by atoms with E-state index in [9.17, 15) is 9.59 Å². The second-order valence-electron chi connectivity index (χ2n) is 7.28. The molecule has 0 radical (unpaired) electrons. The van der Waals surface area contributed by atoms with Gasteiger partial charge < -0.3 is 14.8 Å². The molecule has 1 atom stereocenters. The number of rotatable bonds is 4. The smallest absolute Gasteiger partial charge is 0.254 e. The van der Waals surface area contributed by atoms with Gasteiger partial charge >= 0.3 is 0 Å². The number of benzene rings is 2. The van der Waals surface area contributed by atoms with Gasteiger partial charge in [-0.1, -0.05) is 18.2 Å². The van der Waals surface area contributed by atoms with Crippen molar-refractivity contribution >= 4 is 22.8 Å². The van der Waals surface area contributed by atoms with Gasteiger partial charge in [-0.3, -0.25) is 9.59 Å². The third-order valence-corrected chi connectivity index (χ3v) is 5.39. The highest BCUT2D eigenvalue weighted by atomic mass is 16.2. The molecule has 0 saturated carbocycles. The Hall–Kier alpha value is -3.15. The quantitative estimate of drug-likeness (QED) is 0.761. The van der Waals surface area contributed by atoms with Gasteiger partial charge in [-0.05, 0) is 49.6 Å². The Morgan fingerprint density at radius 1 is 1.11 bits per heavy atom. The van der Waals surface area contributed by atoms with Crippen LogP contribution in [-0.4, -0.2) is 45.4 Å². The number of fused-ring (bicyclic) bond motifs is 1. The van der Waals surface area contributed by atoms with Crippen molar-refractivity contribution in [1.82, 2.24) is 19.8 Å². The molecule has 3 aromatic rings. The SMILES string of the molecule is Cn1cnc2cc(C(=O)N3CCCCC3CNC(=O)c3ccccc3)ccc21. The Balaban J connectivity index is 1.47. The molecule has 6 heteroatoms. The number of carbonyl (C=O) groups is 2. The predicted molar refractivity (Wildman–Crippen MR) is 108 cm³/mol. The van der Waals surface area contributed by atoms with Crippen LogP contribution in [-0.2, 0) is 7.05 Å². The Morgan fingerprint density at radius 2 is 1.93 bits per heavy atom. The van der Waals surface area contributed by atoms with E-state index in [0.717, 1.165) is 30.3 Å². The average Bonchev–Trinajstić information content (AvgIpc) is 3.12. The second-order valence-corrected chi connectivity index (χ2v) is 7.28. The van der Waals surface area contributed by atoms with Crippen molar-refractivity contribution in [2.75, 3.05) is 13.1 Å². The summed E-state index contributed by atoms with van der Waals surface area (Å²) in [5, 5.41) is 2.99. The summed E-state index contributed by atoms with van der Waals surface area (Å²) < 4.78 is 1.94. The lowest BCUT2D eigenvalue weighted by Crippen LogP contribution is -2.49. The summed E-state index contributed by atoms with van der Waals surface area (Å²) in [6.07, 6.45) is 4.70. The number of aromatic nitrogens is 2. The standard InChI is InChI=1S/C22H24N4O2/c1-25-15-24-19-13-17(10-11-20(19)25)22(28)26-12-6-5-9-18(26)14-23-21(27)16-7-3-2-4-8-16/h2-4,7-8,10-11,13,15,18H,5-6,9,12,14H2,1H3,(H,23,27). The lowest BCUT2D eigenvalue weighted by atomic mass is 10.00. The molecular weight excluding hydrogens is 352 g/mol. The molecule has 2 amide bonds. The van der Waals surface area contributed by atoms with Crippen LogP contribution in [0.15, 0.2) is 54.9 Å². The number of aryl methyl sites for hydroxylation is 1. The molecule has 144 valence electrons. The summed E-state index contributed by atoms with van der Waals surface area (Å²) in [5.74, 6) is -0.0975. The topological polar surface area (TPSA) is 67.2 Å². The molecule has 1 fully saturated rings. The van der Waals surface area contributed by atoms with Crippen LogP contribution in [0.5, 0.6) is 0 Å². The Morgan fingerprint density at radius 3 is 2.75 bits per heavy atom. The van der Waals surface area contributed by atoms with Crippen LogP contribution in [0.1, 0.15) is 40.0 Å². The Bertz CT molecular complexity index is 996. The molecule has 0 spiro atoms. The van der Waals surface area contributed by atoms with E-state index < -0.39 is 0 Å². The van der Waals surface area contributed by atoms with Crippen molar-refractivity contribution in [3.05, 3.63) is 66.0 Å². The van der Waals surface area contributed by atoms with E-state index in [-0.39, 0.29) is 17.9 Å². The monoisotopic (exact) mass is 376 g/mol. The van der Waals surface area contributed by atoms with Gasteiger partial charge in [0.2, 0.25) is 0 Å². The van der Waals surface area contributed by atoms with Crippen LogP contribution in [0.4, 0.5) is 0 Å². The number of likely N-dealkylation sites (tertiary alicyclic amines) is 1. The highest BCUT2D eigenvalue weighted by molar-refractivity contribution is 5.98. The average molecular weight is 376 g/mol. The molecule has 4 rings (SSSR count). The highest BCUT2D eigenvalue weighted by Crippen LogP contribution is 2.21. The van der Waals surface area contributed by atoms with Gasteiger partial charge in [0.1, 0.15) is 0 Å². The minimum atomic E-state index is -0.103. The highest BCUT2D eigenvalue weighted by Gasteiger charge is 2.28. The van der Waals surface area contributed by atoms with Crippen molar-refractivity contribution in [3.8, 4) is 0 Å². The number of hydrogen-bond acceptors (Lipinski definition) is 3. The summed E-state index contributed by atoms with van der Waals surface area (Å²) in [5.41, 5.74) is 3.10. The first kappa shape index (κ1) is 18.2. The van der Waals surface area contributed by atoms with Crippen molar-refractivity contribution in [2.24, 2.45) is 7.05 Å². The summed E-state index contributed by atoms with van der Waals surface area (Å²) in [7, 11) is 1.94. The third kappa shape index (κ3) is 3.63. The van der Waals surface area contributed by atoms with Gasteiger partial charge in [-0.25, -0.2) is 4.98 Å². The minimum absolute atomic E-state index is 0.00575. The molecular formula is C22H24N4O2. The fraction of sp³-hybridized carbons (Fsp3) is 0.318. The zero-order chi connectivity index (χ0) is 19.5. The Kier molecular flexibility index (Phi) is 5.10. The zero-order valence-electron chi connectivity index (χ0n) is 16.0. The maximum atomic E-state index is 13.2. The number of carbonyl (C=O) groups excluding carboxylic acids is 2. The van der Waals surface area contributed by atoms with E-state index in [1.165, 1.54) is 0 Å². The second kappa shape index (κ2) is 7.84. The maximum Gasteiger partial charge on any atom is 0.254 e. The van der Waals surface area contributed by atoms with Gasteiger partial charge in [-0.15, -0.1) is 0 Å². The lowest BCUT2D eigenvalue weighted by molar-refractivity contribution is 0.0602. The van der Waals surface area contributed by atoms with E-state index in [0.29, 0.717) is 24.2 Å². The molecule has 2 aromatic carbocycles. The molecule has 1 saturated heterocycles. The fourth-order valence-electron chi connectivity index (χ4n) is 3.82. The van der Waals surface area contributed by atoms with E-state index in [2.05, 4.69) is 10.3 Å². The van der Waals surface area contributed by atoms with E-state index in [1.54, 1.807) is 18.5 Å². The van der Waals surface area contributed by atoms with E-state index in [1.807, 2.05) is 52.9 Å². The fourth-order valence-corrected chi connectivity index (χ4v) is 3.82. The van der Waals surface area contributed by atoms with Gasteiger partial charge in [0.25, 0.3) is 11.8 Å². The van der Waals surface area contributed by atoms with Crippen LogP contribution in [0.25, 0.3) is 11.0 Å². The van der Waals surface area contributed by atoms with Crippen LogP contribution in [0.2, 0.25) is 0 Å². The minimum Gasteiger partial charge on any atom is -0.350 e. The summed E-state index contributed by atoms with van der Waals surface area (Å²) in [4.78, 5) is 31.8. The molecule has 1 unspecified atom stereocenters. The molecule has 6 nitrogen and oxygen atoms in total. The summed E-state index contributed by atoms with van der Waals surface area (Å²) in [6, 6.07) is 14.8. The number of hydrogen-bond donors (Lipinski definition) is 1. The molecule has 1 aliphatic rings. The first-order valence-corrected chi connectivity index (χ1v) is 9.69. The van der Waals surface area contributed by atoms with Crippen LogP contribution in [0, 0.1) is 0 Å². The first-order chi connectivity index (χ1) is 13.6. The van der Waals surface area contributed by atoms with Crippen molar-refractivity contribution < 1.29 is 9.59 Å². The van der Waals surface area contributed by atoms with Gasteiger partial charge in [-0.2, -0.15) is 0 Å². The van der Waals surface area contributed by atoms with E-state index in [4.69, 9.17) is 0 Å². The summed E-state index contributed by atoms with van der Waals surface area (Å²) >= 11 is 0. The molecule has 0 bridgehead atoms. The van der Waals surface area contributed by atoms with Crippen LogP contribution >= 0.6 is 0 Å². The number of imidazole rings is 1. The molecule has 28 heavy (non-hydrogen) atoms. The molecule has 0 aliphatic carbocycles. The van der Waals surface area contributed by atoms with Gasteiger partial charge in [0, 0.05) is 37.3 Å². The van der Waals surface area contributed by atoms with E-state index >= 15 is 0 Å². The van der Waals surface area contributed by atoms with Gasteiger partial charge in [0.15, 0.2) is 0 Å². The molecule has 1 N–H and O–H groups in total. The van der Waals surface area contributed by atoms with Gasteiger partial charge in [0.05, 0.1) is 17.4 Å². The first-order valence-electron chi connectivity index (χ1n) is 9.69. The van der Waals surface area contributed by atoms with Crippen molar-refractivity contribution in [3.63, 3.8) is 0 Å². The maximum absolute atomic E-state index is 13.2. The van der Waals surface area contributed by atoms with Crippen molar-refractivity contribution in [2.45, 2.75) is 25.3 Å². The number of nitrogens with one attached hydrogen (secondary N) is 1. The van der Waals surface area contributed by atoms with Crippen molar-refractivity contribution in [1.29, 1.82) is 0 Å². The molecule has 2 heterocycles. The lowest BCUT2D eigenvalue weighted by Gasteiger charge is -2.36. The molecule has 1 aliphatic heterocycles. The summed E-state index contributed by atoms with van der Waals surface area (Å²) in [6.45, 7) is 1.18. The van der Waals surface area contributed by atoms with Crippen LogP contribution in [0.3, 0.4) is 0 Å². The number of amides is 2. The zero-order valence-corrected chi connectivity index (χ0v) is 16.0. The van der Waals surface area contributed by atoms with Crippen LogP contribution < -0.4 is 5.32 Å². The third-order valence-electron chi connectivity index (χ3n) is 5.39. The Labute approximate surface area is 164 Å². The normalized spacial score (nSPS) is 16.9. The molecule has 1 aromatic heterocycles. The number of nitrogens with zero attached hydrogens (tertiary/aromatic N) is 3. The predicted octanol–water partition coefficient (Wildman–Crippen LogP) is 3.00. The number of piperidine rings is 1. The largest absolute Gasteiger partial charge is 0.350 e.